The van der Waals surface area contributed by atoms with E-state index in [1.165, 1.54) is 0 Å². The van der Waals surface area contributed by atoms with Gasteiger partial charge in [0.05, 0.1) is 11.4 Å². The van der Waals surface area contributed by atoms with Gasteiger partial charge in [0, 0.05) is 12.4 Å². The molecule has 0 amide bonds. The molecule has 2 aromatic heterocycles. The summed E-state index contributed by atoms with van der Waals surface area (Å²) in [5.74, 6) is 0. The molecular formula is C8H8BrN3. The lowest BCUT2D eigenvalue weighted by Crippen LogP contribution is -1.90. The molecule has 0 N–H and O–H groups in total. The maximum Gasteiger partial charge on any atom is 0.170 e. The molecule has 0 radical (unpaired) electrons. The number of fused-ring (bicyclic) bond motifs is 1. The van der Waals surface area contributed by atoms with Crippen LogP contribution in [0.4, 0.5) is 0 Å². The molecule has 0 saturated heterocycles. The van der Waals surface area contributed by atoms with Crippen molar-refractivity contribution >= 4 is 21.6 Å². The highest BCUT2D eigenvalue weighted by molar-refractivity contribution is 9.10. The van der Waals surface area contributed by atoms with Crippen LogP contribution in [0.25, 0.3) is 5.65 Å². The van der Waals surface area contributed by atoms with E-state index in [-0.39, 0.29) is 0 Å². The molecule has 62 valence electrons. The van der Waals surface area contributed by atoms with Crippen LogP contribution in [0, 0.1) is 13.8 Å². The van der Waals surface area contributed by atoms with Crippen LogP contribution in [0.15, 0.2) is 17.0 Å². The van der Waals surface area contributed by atoms with Gasteiger partial charge in [-0.15, -0.1) is 0 Å². The average Bonchev–Trinajstić information content (AvgIpc) is 2.29. The fourth-order valence-electron chi connectivity index (χ4n) is 1.20. The normalized spacial score (nSPS) is 10.9. The number of hydrogen-bond donors (Lipinski definition) is 0. The predicted molar refractivity (Wildman–Crippen MR) is 50.2 cm³/mol. The monoisotopic (exact) mass is 225 g/mol. The third-order valence-electron chi connectivity index (χ3n) is 1.64. The fraction of sp³-hybridized carbons (Fsp3) is 0.250. The molecule has 0 unspecified atom stereocenters. The first-order valence-electron chi connectivity index (χ1n) is 3.65. The van der Waals surface area contributed by atoms with Gasteiger partial charge >= 0.3 is 0 Å². The summed E-state index contributed by atoms with van der Waals surface area (Å²) in [6.07, 6.45) is 3.94. The van der Waals surface area contributed by atoms with Crippen LogP contribution in [-0.4, -0.2) is 14.4 Å². The lowest BCUT2D eigenvalue weighted by atomic mass is 10.5. The summed E-state index contributed by atoms with van der Waals surface area (Å²) in [7, 11) is 0. The van der Waals surface area contributed by atoms with Gasteiger partial charge in [-0.3, -0.25) is 0 Å². The molecule has 0 aliphatic heterocycles. The molecule has 3 nitrogen and oxygen atoms in total. The summed E-state index contributed by atoms with van der Waals surface area (Å²) >= 11 is 3.37. The molecule has 0 fully saturated rings. The molecule has 0 atom stereocenters. The van der Waals surface area contributed by atoms with Crippen molar-refractivity contribution in [2.75, 3.05) is 0 Å². The molecule has 0 aliphatic carbocycles. The average molecular weight is 226 g/mol. The third-order valence-corrected chi connectivity index (χ3v) is 2.17. The molecule has 0 saturated carbocycles. The largest absolute Gasteiger partial charge is 0.303 e. The molecule has 4 heteroatoms. The van der Waals surface area contributed by atoms with Crippen LogP contribution in [0.3, 0.4) is 0 Å². The molecule has 2 aromatic rings. The quantitative estimate of drug-likeness (QED) is 0.688. The van der Waals surface area contributed by atoms with Gasteiger partial charge in [-0.05, 0) is 29.8 Å². The van der Waals surface area contributed by atoms with Crippen molar-refractivity contribution in [3.8, 4) is 0 Å². The van der Waals surface area contributed by atoms with Crippen LogP contribution < -0.4 is 0 Å². The van der Waals surface area contributed by atoms with Crippen molar-refractivity contribution < 1.29 is 0 Å². The van der Waals surface area contributed by atoms with Gasteiger partial charge in [-0.25, -0.2) is 9.97 Å². The van der Waals surface area contributed by atoms with Gasteiger partial charge in [0.25, 0.3) is 0 Å². The first-order chi connectivity index (χ1) is 5.66. The number of imidazole rings is 1. The Morgan fingerprint density at radius 3 is 2.42 bits per heavy atom. The molecule has 2 heterocycles. The Morgan fingerprint density at radius 1 is 1.17 bits per heavy atom. The second-order valence-corrected chi connectivity index (χ2v) is 3.54. The van der Waals surface area contributed by atoms with E-state index in [1.54, 1.807) is 0 Å². The van der Waals surface area contributed by atoms with Crippen molar-refractivity contribution in [2.24, 2.45) is 0 Å². The van der Waals surface area contributed by atoms with Crippen molar-refractivity contribution in [3.63, 3.8) is 0 Å². The maximum absolute atomic E-state index is 4.31. The molecule has 0 aromatic carbocycles. The van der Waals surface area contributed by atoms with E-state index in [2.05, 4.69) is 25.9 Å². The first kappa shape index (κ1) is 7.73. The summed E-state index contributed by atoms with van der Waals surface area (Å²) in [5.41, 5.74) is 2.85. The van der Waals surface area contributed by atoms with E-state index in [1.807, 2.05) is 30.6 Å². The van der Waals surface area contributed by atoms with Crippen molar-refractivity contribution in [3.05, 3.63) is 28.4 Å². The Balaban J connectivity index is 2.88. The Bertz CT molecular complexity index is 433. The van der Waals surface area contributed by atoms with Crippen LogP contribution in [0.5, 0.6) is 0 Å². The second kappa shape index (κ2) is 2.55. The number of hydrogen-bond acceptors (Lipinski definition) is 2. The smallest absolute Gasteiger partial charge is 0.170 e. The highest BCUT2D eigenvalue weighted by Gasteiger charge is 2.03. The summed E-state index contributed by atoms with van der Waals surface area (Å²) in [6.45, 7) is 3.92. The second-order valence-electron chi connectivity index (χ2n) is 2.79. The van der Waals surface area contributed by atoms with Gasteiger partial charge in [0.15, 0.2) is 5.65 Å². The van der Waals surface area contributed by atoms with E-state index in [0.29, 0.717) is 0 Å². The van der Waals surface area contributed by atoms with Crippen molar-refractivity contribution in [1.29, 1.82) is 0 Å². The van der Waals surface area contributed by atoms with Crippen LogP contribution in [-0.2, 0) is 0 Å². The number of aromatic nitrogens is 3. The summed E-state index contributed by atoms with van der Waals surface area (Å²) in [4.78, 5) is 8.56. The minimum absolute atomic E-state index is 0.801. The van der Waals surface area contributed by atoms with E-state index >= 15 is 0 Å². The van der Waals surface area contributed by atoms with Crippen LogP contribution in [0.2, 0.25) is 0 Å². The lowest BCUT2D eigenvalue weighted by molar-refractivity contribution is 1.05. The fourth-order valence-corrected chi connectivity index (χ4v) is 1.78. The number of halogens is 1. The highest BCUT2D eigenvalue weighted by atomic mass is 79.9. The zero-order chi connectivity index (χ0) is 8.72. The van der Waals surface area contributed by atoms with Gasteiger partial charge in [-0.1, -0.05) is 0 Å². The molecule has 12 heavy (non-hydrogen) atoms. The zero-order valence-electron chi connectivity index (χ0n) is 6.87. The molecular weight excluding hydrogens is 218 g/mol. The topological polar surface area (TPSA) is 30.2 Å². The molecule has 0 aliphatic rings. The summed E-state index contributed by atoms with van der Waals surface area (Å²) in [6, 6.07) is 0. The predicted octanol–water partition coefficient (Wildman–Crippen LogP) is 2.11. The van der Waals surface area contributed by atoms with Crippen LogP contribution >= 0.6 is 15.9 Å². The molecule has 0 bridgehead atoms. The Hall–Kier alpha value is -0.900. The van der Waals surface area contributed by atoms with E-state index in [4.69, 9.17) is 0 Å². The summed E-state index contributed by atoms with van der Waals surface area (Å²) in [5, 5.41) is 0. The van der Waals surface area contributed by atoms with Gasteiger partial charge < -0.3 is 4.40 Å². The van der Waals surface area contributed by atoms with E-state index < -0.39 is 0 Å². The Labute approximate surface area is 78.6 Å². The Morgan fingerprint density at radius 2 is 1.75 bits per heavy atom. The molecule has 2 rings (SSSR count). The van der Waals surface area contributed by atoms with Gasteiger partial charge in [-0.2, -0.15) is 0 Å². The van der Waals surface area contributed by atoms with Gasteiger partial charge in [0.2, 0.25) is 0 Å². The number of nitrogens with zero attached hydrogens (tertiary/aromatic N) is 3. The summed E-state index contributed by atoms with van der Waals surface area (Å²) < 4.78 is 2.78. The van der Waals surface area contributed by atoms with Crippen LogP contribution in [0.1, 0.15) is 11.4 Å². The minimum atomic E-state index is 0.801. The van der Waals surface area contributed by atoms with E-state index in [0.717, 1.165) is 21.6 Å². The Kier molecular flexibility index (Phi) is 1.65. The highest BCUT2D eigenvalue weighted by Crippen LogP contribution is 2.15. The maximum atomic E-state index is 4.31. The van der Waals surface area contributed by atoms with E-state index in [9.17, 15) is 0 Å². The standard InChI is InChI=1S/C8H8BrN3/c1-5-3-12-4-6(2)11-8(12)7(9)10-5/h3-4H,1-2H3. The first-order valence-corrected chi connectivity index (χ1v) is 4.44. The van der Waals surface area contributed by atoms with Crippen molar-refractivity contribution in [1.82, 2.24) is 14.4 Å². The lowest BCUT2D eigenvalue weighted by Gasteiger charge is -1.96. The number of aryl methyl sites for hydroxylation is 2. The van der Waals surface area contributed by atoms with Gasteiger partial charge in [0.1, 0.15) is 4.60 Å². The minimum Gasteiger partial charge on any atom is -0.303 e. The zero-order valence-corrected chi connectivity index (χ0v) is 8.46. The number of rotatable bonds is 0. The molecule has 0 spiro atoms. The third kappa shape index (κ3) is 1.12. The van der Waals surface area contributed by atoms with Crippen molar-refractivity contribution in [2.45, 2.75) is 13.8 Å². The SMILES string of the molecule is Cc1cn2cc(C)nc2c(Br)n1.